The summed E-state index contributed by atoms with van der Waals surface area (Å²) in [5.74, 6) is 1.89. The van der Waals surface area contributed by atoms with Gasteiger partial charge in [0.2, 0.25) is 0 Å². The van der Waals surface area contributed by atoms with Crippen molar-refractivity contribution in [2.75, 3.05) is 57.8 Å². The summed E-state index contributed by atoms with van der Waals surface area (Å²) in [7, 11) is 2.04. The average Bonchev–Trinajstić information content (AvgIpc) is 3.27. The molecule has 0 unspecified atom stereocenters. The number of β-amino-alcohol motifs (C(OH)–C–C–N with tert-alkyl or cyclic N) is 1. The summed E-state index contributed by atoms with van der Waals surface area (Å²) >= 11 is 0. The lowest BCUT2D eigenvalue weighted by atomic mass is 10.3. The number of ether oxygens (including phenoxy) is 1. The summed E-state index contributed by atoms with van der Waals surface area (Å²) in [6, 6.07) is 3.99. The Bertz CT molecular complexity index is 536. The molecule has 0 aromatic carbocycles. The molecule has 2 aliphatic heterocycles. The second-order valence-electron chi connectivity index (χ2n) is 7.32. The van der Waals surface area contributed by atoms with Gasteiger partial charge in [0.05, 0.1) is 6.10 Å². The normalized spacial score (nSPS) is 22.7. The predicted molar refractivity (Wildman–Crippen MR) is 100 cm³/mol. The van der Waals surface area contributed by atoms with Crippen LogP contribution in [0.4, 0.5) is 5.82 Å². The molecule has 6 heteroatoms. The van der Waals surface area contributed by atoms with Crippen LogP contribution in [0, 0.1) is 0 Å². The van der Waals surface area contributed by atoms with Crippen LogP contribution in [0.3, 0.4) is 0 Å². The number of likely N-dealkylation sites (N-methyl/N-ethyl adjacent to an activating group) is 1. The fourth-order valence-electron chi connectivity index (χ4n) is 3.72. The van der Waals surface area contributed by atoms with Gasteiger partial charge >= 0.3 is 0 Å². The number of aliphatic hydroxyl groups excluding tert-OH is 1. The van der Waals surface area contributed by atoms with Gasteiger partial charge in [0.25, 0.3) is 0 Å². The minimum absolute atomic E-state index is 0.182. The van der Waals surface area contributed by atoms with Gasteiger partial charge in [-0.15, -0.1) is 0 Å². The first kappa shape index (κ1) is 18.4. The fraction of sp³-hybridized carbons (Fsp3) is 0.737. The number of hydrogen-bond donors (Lipinski definition) is 1. The highest BCUT2D eigenvalue weighted by Crippen LogP contribution is 2.30. The SMILES string of the molecule is CCN(C)C[C@H](O)CN1CC[C@@H](Oc2cccnc2N2CCCC2)C1. The molecule has 140 valence electrons. The number of anilines is 1. The fourth-order valence-corrected chi connectivity index (χ4v) is 3.72. The van der Waals surface area contributed by atoms with Crippen molar-refractivity contribution in [1.82, 2.24) is 14.8 Å². The summed E-state index contributed by atoms with van der Waals surface area (Å²) in [6.07, 6.45) is 5.20. The largest absolute Gasteiger partial charge is 0.485 e. The van der Waals surface area contributed by atoms with Gasteiger partial charge in [-0.2, -0.15) is 0 Å². The first-order valence-electron chi connectivity index (χ1n) is 9.61. The molecule has 1 N–H and O–H groups in total. The maximum Gasteiger partial charge on any atom is 0.171 e. The zero-order valence-corrected chi connectivity index (χ0v) is 15.6. The van der Waals surface area contributed by atoms with E-state index in [0.717, 1.165) is 63.8 Å². The van der Waals surface area contributed by atoms with Gasteiger partial charge in [-0.25, -0.2) is 4.98 Å². The lowest BCUT2D eigenvalue weighted by Crippen LogP contribution is -2.38. The van der Waals surface area contributed by atoms with Crippen LogP contribution in [0.15, 0.2) is 18.3 Å². The van der Waals surface area contributed by atoms with E-state index in [0.29, 0.717) is 0 Å². The van der Waals surface area contributed by atoms with Crippen LogP contribution >= 0.6 is 0 Å². The molecule has 1 aromatic heterocycles. The smallest absolute Gasteiger partial charge is 0.171 e. The van der Waals surface area contributed by atoms with Gasteiger partial charge in [-0.05, 0) is 45.0 Å². The average molecular weight is 348 g/mol. The number of aromatic nitrogens is 1. The van der Waals surface area contributed by atoms with Crippen LogP contribution in [0.2, 0.25) is 0 Å². The van der Waals surface area contributed by atoms with Crippen molar-refractivity contribution >= 4 is 5.82 Å². The third kappa shape index (κ3) is 5.06. The Morgan fingerprint density at radius 1 is 1.36 bits per heavy atom. The van der Waals surface area contributed by atoms with Crippen LogP contribution in [0.5, 0.6) is 5.75 Å². The molecule has 0 spiro atoms. The van der Waals surface area contributed by atoms with Crippen LogP contribution in [-0.2, 0) is 0 Å². The number of nitrogens with zero attached hydrogens (tertiary/aromatic N) is 4. The molecule has 0 bridgehead atoms. The summed E-state index contributed by atoms with van der Waals surface area (Å²) < 4.78 is 6.30. The van der Waals surface area contributed by atoms with Crippen molar-refractivity contribution in [1.29, 1.82) is 0 Å². The molecule has 6 nitrogen and oxygen atoms in total. The first-order valence-corrected chi connectivity index (χ1v) is 9.61. The highest BCUT2D eigenvalue weighted by molar-refractivity contribution is 5.52. The molecule has 2 atom stereocenters. The topological polar surface area (TPSA) is 52.1 Å². The second-order valence-corrected chi connectivity index (χ2v) is 7.32. The highest BCUT2D eigenvalue weighted by atomic mass is 16.5. The van der Waals surface area contributed by atoms with E-state index in [4.69, 9.17) is 4.74 Å². The Morgan fingerprint density at radius 3 is 2.92 bits per heavy atom. The zero-order chi connectivity index (χ0) is 17.6. The molecule has 0 saturated carbocycles. The molecular weight excluding hydrogens is 316 g/mol. The van der Waals surface area contributed by atoms with Crippen molar-refractivity contribution in [2.24, 2.45) is 0 Å². The first-order chi connectivity index (χ1) is 12.2. The van der Waals surface area contributed by atoms with Gasteiger partial charge < -0.3 is 19.6 Å². The number of pyridine rings is 1. The molecule has 1 aromatic rings. The van der Waals surface area contributed by atoms with Crippen molar-refractivity contribution in [3.05, 3.63) is 18.3 Å². The lowest BCUT2D eigenvalue weighted by molar-refractivity contribution is 0.0873. The predicted octanol–water partition coefficient (Wildman–Crippen LogP) is 1.45. The minimum atomic E-state index is -0.303. The molecule has 2 fully saturated rings. The minimum Gasteiger partial charge on any atom is -0.485 e. The molecule has 2 aliphatic rings. The van der Waals surface area contributed by atoms with Crippen LogP contribution in [0.25, 0.3) is 0 Å². The van der Waals surface area contributed by atoms with E-state index in [1.54, 1.807) is 0 Å². The van der Waals surface area contributed by atoms with Gasteiger partial charge in [-0.3, -0.25) is 4.90 Å². The quantitative estimate of drug-likeness (QED) is 0.767. The number of rotatable bonds is 8. The van der Waals surface area contributed by atoms with E-state index >= 15 is 0 Å². The van der Waals surface area contributed by atoms with Crippen LogP contribution in [-0.4, -0.2) is 85.0 Å². The Balaban J connectivity index is 1.52. The van der Waals surface area contributed by atoms with Gasteiger partial charge in [0.15, 0.2) is 11.6 Å². The number of aliphatic hydroxyl groups is 1. The van der Waals surface area contributed by atoms with E-state index in [1.807, 2.05) is 25.4 Å². The van der Waals surface area contributed by atoms with E-state index in [9.17, 15) is 5.11 Å². The summed E-state index contributed by atoms with van der Waals surface area (Å²) in [4.78, 5) is 11.3. The van der Waals surface area contributed by atoms with E-state index in [2.05, 4.69) is 26.6 Å². The third-order valence-corrected chi connectivity index (χ3v) is 5.21. The third-order valence-electron chi connectivity index (χ3n) is 5.21. The maximum absolute atomic E-state index is 10.2. The molecule has 2 saturated heterocycles. The standard InChI is InChI=1S/C19H32N4O2/c1-3-21(2)13-16(24)14-22-12-8-17(15-22)25-18-7-6-9-20-19(18)23-10-4-5-11-23/h6-7,9,16-17,24H,3-5,8,10-15H2,1-2H3/t16-,17+/m0/s1. The number of likely N-dealkylation sites (tertiary alicyclic amines) is 1. The Kier molecular flexibility index (Phi) is 6.51. The maximum atomic E-state index is 10.2. The van der Waals surface area contributed by atoms with Crippen molar-refractivity contribution < 1.29 is 9.84 Å². The van der Waals surface area contributed by atoms with Gasteiger partial charge in [0.1, 0.15) is 6.10 Å². The van der Waals surface area contributed by atoms with Crippen molar-refractivity contribution in [2.45, 2.75) is 38.4 Å². The summed E-state index contributed by atoms with van der Waals surface area (Å²) in [5.41, 5.74) is 0. The molecule has 25 heavy (non-hydrogen) atoms. The highest BCUT2D eigenvalue weighted by Gasteiger charge is 2.27. The molecule has 3 heterocycles. The van der Waals surface area contributed by atoms with Crippen LogP contribution < -0.4 is 9.64 Å². The lowest BCUT2D eigenvalue weighted by Gasteiger charge is -2.24. The molecule has 3 rings (SSSR count). The molecule has 0 radical (unpaired) electrons. The van der Waals surface area contributed by atoms with Gasteiger partial charge in [-0.1, -0.05) is 6.92 Å². The second kappa shape index (κ2) is 8.83. The van der Waals surface area contributed by atoms with E-state index < -0.39 is 0 Å². The Hall–Kier alpha value is -1.37. The summed E-state index contributed by atoms with van der Waals surface area (Å²) in [6.45, 7) is 8.51. The zero-order valence-electron chi connectivity index (χ0n) is 15.6. The van der Waals surface area contributed by atoms with Gasteiger partial charge in [0, 0.05) is 45.5 Å². The monoisotopic (exact) mass is 348 g/mol. The van der Waals surface area contributed by atoms with Crippen LogP contribution in [0.1, 0.15) is 26.2 Å². The van der Waals surface area contributed by atoms with Crippen molar-refractivity contribution in [3.63, 3.8) is 0 Å². The molecule has 0 aliphatic carbocycles. The summed E-state index contributed by atoms with van der Waals surface area (Å²) in [5, 5.41) is 10.2. The Morgan fingerprint density at radius 2 is 2.16 bits per heavy atom. The Labute approximate surface area is 151 Å². The van der Waals surface area contributed by atoms with E-state index in [1.165, 1.54) is 12.8 Å². The molecular formula is C19H32N4O2. The van der Waals surface area contributed by atoms with Crippen molar-refractivity contribution in [3.8, 4) is 5.75 Å². The van der Waals surface area contributed by atoms with E-state index in [-0.39, 0.29) is 12.2 Å². The molecule has 0 amide bonds. The number of hydrogen-bond acceptors (Lipinski definition) is 6.